The Balaban J connectivity index is 0.848. The molecule has 0 radical (unpaired) electrons. The Kier molecular flexibility index (Phi) is 8.73. The molecule has 11 aromatic rings. The van der Waals surface area contributed by atoms with Gasteiger partial charge in [-0.2, -0.15) is 0 Å². The number of aliphatic imine (C=N–C) groups is 1. The van der Waals surface area contributed by atoms with E-state index < -0.39 is 0 Å². The molecular formula is C65H43N. The minimum Gasteiger partial charge on any atom is -0.288 e. The normalized spacial score (nSPS) is 13.5. The molecule has 13 rings (SSSR count). The van der Waals surface area contributed by atoms with Crippen molar-refractivity contribution < 1.29 is 0 Å². The van der Waals surface area contributed by atoms with Gasteiger partial charge in [0.15, 0.2) is 0 Å². The second kappa shape index (κ2) is 15.1. The fourth-order valence-electron chi connectivity index (χ4n) is 11.4. The Labute approximate surface area is 385 Å². The van der Waals surface area contributed by atoms with Crippen LogP contribution in [0.2, 0.25) is 0 Å². The van der Waals surface area contributed by atoms with E-state index in [1.807, 2.05) is 7.05 Å². The third kappa shape index (κ3) is 5.76. The number of hydrogen-bond donors (Lipinski definition) is 0. The van der Waals surface area contributed by atoms with Gasteiger partial charge in [0.25, 0.3) is 0 Å². The number of benzene rings is 11. The van der Waals surface area contributed by atoms with Gasteiger partial charge in [0.05, 0.1) is 11.1 Å². The van der Waals surface area contributed by atoms with Gasteiger partial charge in [-0.1, -0.05) is 218 Å². The molecule has 1 nitrogen and oxygen atoms in total. The molecule has 0 saturated heterocycles. The molecule has 1 spiro atoms. The standard InChI is InChI=1S/C65H43N/c1-66-63(51-36-37-53-49(40-51)34-30-44-16-5-6-17-52(44)53)41-58(43-14-3-2-4-15-43)45-28-26-42(27-29-45)46-31-32-48-39-50(35-33-47(48)38-46)54-21-13-25-62-64(54)57-20-9-12-24-61(57)65(62)59-22-10-7-18-55(59)56-19-8-11-23-60(56)65/h2-41H,1H3/b58-41+,66-63?. The summed E-state index contributed by atoms with van der Waals surface area (Å²) in [5.41, 5.74) is 20.8. The van der Waals surface area contributed by atoms with Crippen LogP contribution < -0.4 is 0 Å². The Hall–Kier alpha value is -8.39. The van der Waals surface area contributed by atoms with Crippen molar-refractivity contribution in [2.75, 3.05) is 7.05 Å². The number of hydrogen-bond acceptors (Lipinski definition) is 1. The average Bonchev–Trinajstić information content (AvgIpc) is 3.86. The number of rotatable bonds is 6. The van der Waals surface area contributed by atoms with Crippen molar-refractivity contribution in [2.24, 2.45) is 4.99 Å². The quantitative estimate of drug-likeness (QED) is 0.117. The predicted octanol–water partition coefficient (Wildman–Crippen LogP) is 16.4. The zero-order valence-electron chi connectivity index (χ0n) is 36.5. The molecule has 0 amide bonds. The summed E-state index contributed by atoms with van der Waals surface area (Å²) in [6, 6.07) is 87.4. The molecule has 11 aromatic carbocycles. The van der Waals surface area contributed by atoms with Gasteiger partial charge >= 0.3 is 0 Å². The van der Waals surface area contributed by atoms with Gasteiger partial charge < -0.3 is 0 Å². The highest BCUT2D eigenvalue weighted by atomic mass is 14.7. The van der Waals surface area contributed by atoms with Crippen molar-refractivity contribution in [3.8, 4) is 44.5 Å². The van der Waals surface area contributed by atoms with Gasteiger partial charge in [-0.05, 0) is 140 Å². The Morgan fingerprint density at radius 2 is 0.864 bits per heavy atom. The highest BCUT2D eigenvalue weighted by Crippen LogP contribution is 2.64. The lowest BCUT2D eigenvalue weighted by Crippen LogP contribution is -2.25. The van der Waals surface area contributed by atoms with Crippen molar-refractivity contribution in [1.29, 1.82) is 0 Å². The van der Waals surface area contributed by atoms with E-state index in [1.165, 1.54) is 99.1 Å². The summed E-state index contributed by atoms with van der Waals surface area (Å²) in [7, 11) is 1.89. The van der Waals surface area contributed by atoms with Crippen LogP contribution >= 0.6 is 0 Å². The molecule has 2 aliphatic carbocycles. The first-order valence-electron chi connectivity index (χ1n) is 22.9. The van der Waals surface area contributed by atoms with Crippen LogP contribution in [0.3, 0.4) is 0 Å². The third-order valence-corrected chi connectivity index (χ3v) is 14.3. The molecule has 0 fully saturated rings. The highest BCUT2D eigenvalue weighted by molar-refractivity contribution is 6.16. The summed E-state index contributed by atoms with van der Waals surface area (Å²) in [5, 5.41) is 7.44. The Morgan fingerprint density at radius 3 is 1.61 bits per heavy atom. The lowest BCUT2D eigenvalue weighted by Gasteiger charge is -2.30. The SMILES string of the molecule is CN=C(/C=C(\c1ccccc1)c1ccc(-c2ccc3cc(-c4cccc5c4-c4ccccc4C54c5ccccc5-c5ccccc54)ccc3c2)cc1)c1ccc2c(ccc3ccccc32)c1. The van der Waals surface area contributed by atoms with Gasteiger partial charge in [0, 0.05) is 12.6 Å². The monoisotopic (exact) mass is 837 g/mol. The lowest BCUT2D eigenvalue weighted by atomic mass is 9.70. The first-order chi connectivity index (χ1) is 32.7. The molecule has 0 bridgehead atoms. The van der Waals surface area contributed by atoms with E-state index in [0.717, 1.165) is 28.0 Å². The van der Waals surface area contributed by atoms with Crippen molar-refractivity contribution >= 4 is 43.6 Å². The topological polar surface area (TPSA) is 12.4 Å². The van der Waals surface area contributed by atoms with Crippen molar-refractivity contribution in [1.82, 2.24) is 0 Å². The van der Waals surface area contributed by atoms with Gasteiger partial charge in [-0.15, -0.1) is 0 Å². The summed E-state index contributed by atoms with van der Waals surface area (Å²) in [4.78, 5) is 4.84. The molecule has 0 atom stereocenters. The van der Waals surface area contributed by atoms with E-state index in [1.54, 1.807) is 0 Å². The van der Waals surface area contributed by atoms with Crippen LogP contribution in [0.1, 0.15) is 38.9 Å². The molecular weight excluding hydrogens is 795 g/mol. The smallest absolute Gasteiger partial charge is 0.0725 e. The zero-order valence-corrected chi connectivity index (χ0v) is 36.5. The molecule has 66 heavy (non-hydrogen) atoms. The molecule has 2 aliphatic rings. The van der Waals surface area contributed by atoms with Gasteiger partial charge in [0.2, 0.25) is 0 Å². The van der Waals surface area contributed by atoms with E-state index in [9.17, 15) is 0 Å². The molecule has 0 saturated carbocycles. The summed E-state index contributed by atoms with van der Waals surface area (Å²) in [6.07, 6.45) is 2.24. The van der Waals surface area contributed by atoms with E-state index in [-0.39, 0.29) is 5.41 Å². The van der Waals surface area contributed by atoms with Gasteiger partial charge in [0.1, 0.15) is 0 Å². The molecule has 0 N–H and O–H groups in total. The number of nitrogens with zero attached hydrogens (tertiary/aromatic N) is 1. The zero-order chi connectivity index (χ0) is 43.8. The number of fused-ring (bicyclic) bond motifs is 14. The molecule has 0 unspecified atom stereocenters. The largest absolute Gasteiger partial charge is 0.288 e. The third-order valence-electron chi connectivity index (χ3n) is 14.3. The van der Waals surface area contributed by atoms with Crippen molar-refractivity contribution in [3.63, 3.8) is 0 Å². The first-order valence-corrected chi connectivity index (χ1v) is 22.9. The minimum absolute atomic E-state index is 0.354. The Bertz CT molecular complexity index is 3770. The van der Waals surface area contributed by atoms with Crippen LogP contribution in [0.5, 0.6) is 0 Å². The van der Waals surface area contributed by atoms with Crippen LogP contribution in [0.4, 0.5) is 0 Å². The molecule has 0 aliphatic heterocycles. The average molecular weight is 838 g/mol. The van der Waals surface area contributed by atoms with Crippen LogP contribution in [0.25, 0.3) is 82.4 Å². The molecule has 1 heteroatoms. The van der Waals surface area contributed by atoms with E-state index in [0.29, 0.717) is 0 Å². The van der Waals surface area contributed by atoms with E-state index in [2.05, 4.69) is 243 Å². The molecule has 0 heterocycles. The summed E-state index contributed by atoms with van der Waals surface area (Å²) in [5.74, 6) is 0. The summed E-state index contributed by atoms with van der Waals surface area (Å²) >= 11 is 0. The Morgan fingerprint density at radius 1 is 0.348 bits per heavy atom. The molecule has 308 valence electrons. The van der Waals surface area contributed by atoms with Crippen molar-refractivity contribution in [2.45, 2.75) is 5.41 Å². The lowest BCUT2D eigenvalue weighted by molar-refractivity contribution is 0.794. The summed E-state index contributed by atoms with van der Waals surface area (Å²) in [6.45, 7) is 0. The maximum atomic E-state index is 4.84. The maximum Gasteiger partial charge on any atom is 0.0725 e. The van der Waals surface area contributed by atoms with Crippen LogP contribution in [-0.2, 0) is 5.41 Å². The predicted molar refractivity (Wildman–Crippen MR) is 279 cm³/mol. The van der Waals surface area contributed by atoms with E-state index >= 15 is 0 Å². The molecule has 0 aromatic heterocycles. The highest BCUT2D eigenvalue weighted by Gasteiger charge is 2.51. The van der Waals surface area contributed by atoms with Crippen LogP contribution in [0, 0.1) is 0 Å². The van der Waals surface area contributed by atoms with Crippen LogP contribution in [-0.4, -0.2) is 12.8 Å². The second-order valence-electron chi connectivity index (χ2n) is 17.7. The minimum atomic E-state index is -0.354. The fourth-order valence-corrected chi connectivity index (χ4v) is 11.4. The summed E-state index contributed by atoms with van der Waals surface area (Å²) < 4.78 is 0. The maximum absolute atomic E-state index is 4.84. The van der Waals surface area contributed by atoms with Crippen molar-refractivity contribution in [3.05, 3.63) is 282 Å². The second-order valence-corrected chi connectivity index (χ2v) is 17.7. The fraction of sp³-hybridized carbons (Fsp3) is 0.0308. The first kappa shape index (κ1) is 38.1. The van der Waals surface area contributed by atoms with Gasteiger partial charge in [-0.25, -0.2) is 0 Å². The van der Waals surface area contributed by atoms with Crippen LogP contribution in [0.15, 0.2) is 248 Å². The number of allylic oxidation sites excluding steroid dienone is 1. The van der Waals surface area contributed by atoms with E-state index in [4.69, 9.17) is 4.99 Å². The van der Waals surface area contributed by atoms with Gasteiger partial charge in [-0.3, -0.25) is 4.99 Å².